The van der Waals surface area contributed by atoms with Crippen molar-refractivity contribution in [3.8, 4) is 0 Å². The third-order valence-electron chi connectivity index (χ3n) is 7.32. The van der Waals surface area contributed by atoms with Gasteiger partial charge in [-0.25, -0.2) is 9.59 Å². The fourth-order valence-electron chi connectivity index (χ4n) is 4.79. The summed E-state index contributed by atoms with van der Waals surface area (Å²) in [5, 5.41) is 0. The molecule has 0 spiro atoms. The number of carbonyl (C=O) groups excluding carboxylic acids is 2. The molecule has 0 saturated carbocycles. The standard InChI is InChI=1S/C27H43BN2O6/c1-24(2,3)34-23(32)30-18-21(29)17-27(30,22(31)33-19-20-13-9-8-10-14-20)15-11-12-16-28-35-25(4,5)26(6,7)36-28/h8-10,13-14,21H,11-12,15-19,29H2,1-7H3. The van der Waals surface area contributed by atoms with Crippen molar-refractivity contribution in [1.29, 1.82) is 0 Å². The number of nitrogens with zero attached hydrogens (tertiary/aromatic N) is 1. The Morgan fingerprint density at radius 1 is 1.08 bits per heavy atom. The van der Waals surface area contributed by atoms with Gasteiger partial charge in [-0.15, -0.1) is 0 Å². The molecule has 0 radical (unpaired) electrons. The predicted molar refractivity (Wildman–Crippen MR) is 139 cm³/mol. The average Bonchev–Trinajstić information content (AvgIpc) is 3.21. The van der Waals surface area contributed by atoms with Crippen LogP contribution in [-0.4, -0.2) is 59.0 Å². The van der Waals surface area contributed by atoms with Crippen LogP contribution in [0.3, 0.4) is 0 Å². The second-order valence-corrected chi connectivity index (χ2v) is 12.1. The van der Waals surface area contributed by atoms with Gasteiger partial charge in [0.2, 0.25) is 0 Å². The van der Waals surface area contributed by atoms with Crippen LogP contribution in [0, 0.1) is 0 Å². The molecule has 2 aliphatic heterocycles. The highest BCUT2D eigenvalue weighted by Gasteiger charge is 2.55. The maximum absolute atomic E-state index is 13.6. The molecular weight excluding hydrogens is 459 g/mol. The highest BCUT2D eigenvalue weighted by molar-refractivity contribution is 6.45. The highest BCUT2D eigenvalue weighted by Crippen LogP contribution is 2.40. The second kappa shape index (κ2) is 10.7. The van der Waals surface area contributed by atoms with Crippen molar-refractivity contribution in [1.82, 2.24) is 4.90 Å². The second-order valence-electron chi connectivity index (χ2n) is 12.1. The number of nitrogens with two attached hydrogens (primary N) is 1. The van der Waals surface area contributed by atoms with E-state index in [0.717, 1.165) is 12.0 Å². The van der Waals surface area contributed by atoms with E-state index in [0.29, 0.717) is 25.6 Å². The van der Waals surface area contributed by atoms with Gasteiger partial charge < -0.3 is 24.5 Å². The number of rotatable bonds is 8. The summed E-state index contributed by atoms with van der Waals surface area (Å²) < 4.78 is 23.6. The van der Waals surface area contributed by atoms with Gasteiger partial charge in [-0.05, 0) is 73.2 Å². The Bertz CT molecular complexity index is 901. The van der Waals surface area contributed by atoms with Crippen LogP contribution in [0.15, 0.2) is 30.3 Å². The maximum Gasteiger partial charge on any atom is 0.457 e. The van der Waals surface area contributed by atoms with Crippen molar-refractivity contribution in [2.45, 2.75) is 115 Å². The quantitative estimate of drug-likeness (QED) is 0.313. The van der Waals surface area contributed by atoms with E-state index in [1.165, 1.54) is 4.90 Å². The average molecular weight is 502 g/mol. The molecule has 200 valence electrons. The van der Waals surface area contributed by atoms with Crippen LogP contribution in [0.25, 0.3) is 0 Å². The summed E-state index contributed by atoms with van der Waals surface area (Å²) in [6, 6.07) is 9.16. The third-order valence-corrected chi connectivity index (χ3v) is 7.32. The highest BCUT2D eigenvalue weighted by atomic mass is 16.7. The Labute approximate surface area is 216 Å². The van der Waals surface area contributed by atoms with Crippen LogP contribution in [0.5, 0.6) is 0 Å². The molecule has 1 aromatic rings. The number of hydrogen-bond acceptors (Lipinski definition) is 7. The molecule has 3 rings (SSSR count). The lowest BCUT2D eigenvalue weighted by Crippen LogP contribution is -2.55. The van der Waals surface area contributed by atoms with Gasteiger partial charge in [0, 0.05) is 12.6 Å². The summed E-state index contributed by atoms with van der Waals surface area (Å²) in [5.41, 5.74) is 4.56. The van der Waals surface area contributed by atoms with Gasteiger partial charge in [-0.1, -0.05) is 43.2 Å². The lowest BCUT2D eigenvalue weighted by atomic mass is 9.80. The van der Waals surface area contributed by atoms with Crippen molar-refractivity contribution in [2.75, 3.05) is 6.54 Å². The molecule has 2 unspecified atom stereocenters. The van der Waals surface area contributed by atoms with Gasteiger partial charge in [0.15, 0.2) is 0 Å². The first-order valence-corrected chi connectivity index (χ1v) is 13.0. The monoisotopic (exact) mass is 502 g/mol. The number of likely N-dealkylation sites (tertiary alicyclic amines) is 1. The molecule has 2 atom stereocenters. The predicted octanol–water partition coefficient (Wildman–Crippen LogP) is 4.70. The Morgan fingerprint density at radius 2 is 1.69 bits per heavy atom. The van der Waals surface area contributed by atoms with Crippen molar-refractivity contribution < 1.29 is 28.4 Å². The van der Waals surface area contributed by atoms with E-state index in [2.05, 4.69) is 0 Å². The summed E-state index contributed by atoms with van der Waals surface area (Å²) in [6.07, 6.45) is 2.35. The van der Waals surface area contributed by atoms with Crippen LogP contribution in [0.4, 0.5) is 4.79 Å². The number of benzene rings is 1. The molecule has 0 aromatic heterocycles. The van der Waals surface area contributed by atoms with E-state index >= 15 is 0 Å². The lowest BCUT2D eigenvalue weighted by Gasteiger charge is -2.37. The first kappa shape index (κ1) is 28.5. The zero-order valence-electron chi connectivity index (χ0n) is 23.0. The van der Waals surface area contributed by atoms with Crippen molar-refractivity contribution in [2.24, 2.45) is 5.73 Å². The lowest BCUT2D eigenvalue weighted by molar-refractivity contribution is -0.158. The number of esters is 1. The molecule has 8 nitrogen and oxygen atoms in total. The zero-order valence-corrected chi connectivity index (χ0v) is 23.0. The zero-order chi connectivity index (χ0) is 26.8. The molecule has 2 heterocycles. The Kier molecular flexibility index (Phi) is 8.48. The van der Waals surface area contributed by atoms with Crippen molar-refractivity contribution >= 4 is 19.2 Å². The molecule has 0 bridgehead atoms. The Balaban J connectivity index is 1.72. The molecule has 0 aliphatic carbocycles. The van der Waals surface area contributed by atoms with Crippen LogP contribution in [0.1, 0.15) is 79.7 Å². The van der Waals surface area contributed by atoms with Gasteiger partial charge in [0.25, 0.3) is 0 Å². The Morgan fingerprint density at radius 3 is 2.28 bits per heavy atom. The summed E-state index contributed by atoms with van der Waals surface area (Å²) in [7, 11) is -0.302. The van der Waals surface area contributed by atoms with Gasteiger partial charge in [0.05, 0.1) is 11.2 Å². The van der Waals surface area contributed by atoms with Crippen molar-refractivity contribution in [3.63, 3.8) is 0 Å². The molecule has 2 N–H and O–H groups in total. The van der Waals surface area contributed by atoms with Gasteiger partial charge >= 0.3 is 19.2 Å². The molecule has 2 saturated heterocycles. The van der Waals surface area contributed by atoms with Gasteiger partial charge in [-0.3, -0.25) is 4.90 Å². The van der Waals surface area contributed by atoms with Crippen molar-refractivity contribution in [3.05, 3.63) is 35.9 Å². The molecule has 1 aromatic carbocycles. The van der Waals surface area contributed by atoms with E-state index in [9.17, 15) is 9.59 Å². The maximum atomic E-state index is 13.6. The first-order chi connectivity index (χ1) is 16.7. The molecular formula is C27H43BN2O6. The van der Waals surface area contributed by atoms with Crippen LogP contribution in [0.2, 0.25) is 6.32 Å². The minimum atomic E-state index is -1.17. The number of unbranched alkanes of at least 4 members (excludes halogenated alkanes) is 1. The van der Waals surface area contributed by atoms with E-state index < -0.39 is 23.2 Å². The van der Waals surface area contributed by atoms with E-state index in [4.69, 9.17) is 24.5 Å². The molecule has 36 heavy (non-hydrogen) atoms. The topological polar surface area (TPSA) is 100 Å². The fraction of sp³-hybridized carbons (Fsp3) is 0.704. The van der Waals surface area contributed by atoms with E-state index in [1.807, 2.05) is 58.0 Å². The van der Waals surface area contributed by atoms with E-state index in [-0.39, 0.29) is 37.5 Å². The van der Waals surface area contributed by atoms with Crippen LogP contribution in [-0.2, 0) is 30.2 Å². The largest absolute Gasteiger partial charge is 0.459 e. The summed E-state index contributed by atoms with van der Waals surface area (Å²) in [4.78, 5) is 28.3. The normalized spacial score (nSPS) is 25.2. The molecule has 9 heteroatoms. The summed E-state index contributed by atoms with van der Waals surface area (Å²) in [5.74, 6) is -0.444. The minimum absolute atomic E-state index is 0.132. The molecule has 1 amide bonds. The molecule has 2 fully saturated rings. The Hall–Kier alpha value is -2.10. The van der Waals surface area contributed by atoms with E-state index in [1.54, 1.807) is 20.8 Å². The smallest absolute Gasteiger partial charge is 0.457 e. The van der Waals surface area contributed by atoms with Crippen LogP contribution >= 0.6 is 0 Å². The summed E-state index contributed by atoms with van der Waals surface area (Å²) >= 11 is 0. The fourth-order valence-corrected chi connectivity index (χ4v) is 4.79. The number of ether oxygens (including phenoxy) is 2. The SMILES string of the molecule is CC(C)(C)OC(=O)N1CC(N)CC1(CCCCB1OC(C)(C)C(C)(C)O1)C(=O)OCc1ccccc1. The minimum Gasteiger partial charge on any atom is -0.459 e. The summed E-state index contributed by atoms with van der Waals surface area (Å²) in [6.45, 7) is 13.9. The van der Waals surface area contributed by atoms with Gasteiger partial charge in [0.1, 0.15) is 17.7 Å². The number of amides is 1. The number of hydrogen-bond donors (Lipinski definition) is 1. The molecule has 2 aliphatic rings. The first-order valence-electron chi connectivity index (χ1n) is 13.0. The number of carbonyl (C=O) groups is 2. The third kappa shape index (κ3) is 6.61. The van der Waals surface area contributed by atoms with Gasteiger partial charge in [-0.2, -0.15) is 0 Å². The van der Waals surface area contributed by atoms with Crippen LogP contribution < -0.4 is 5.73 Å².